The third kappa shape index (κ3) is 4.21. The molecule has 0 spiro atoms. The highest BCUT2D eigenvalue weighted by atomic mass is 19.1. The molecule has 1 fully saturated rings. The average molecular weight is 464 g/mol. The number of imidazole rings is 1. The maximum atomic E-state index is 14.0. The lowest BCUT2D eigenvalue weighted by atomic mass is 9.81. The number of para-hydroxylation sites is 2. The Balaban J connectivity index is 1.51. The fourth-order valence-corrected chi connectivity index (χ4v) is 5.46. The quantitative estimate of drug-likeness (QED) is 0.326. The zero-order chi connectivity index (χ0) is 23.6. The lowest BCUT2D eigenvalue weighted by molar-refractivity contribution is 0.160. The van der Waals surface area contributed by atoms with E-state index < -0.39 is 0 Å². The molecule has 0 saturated carbocycles. The molecular weight excluding hydrogens is 437 g/mol. The van der Waals surface area contributed by atoms with Crippen LogP contribution in [0.5, 0.6) is 0 Å². The van der Waals surface area contributed by atoms with Gasteiger partial charge in [0.25, 0.3) is 0 Å². The average Bonchev–Trinajstić information content (AvgIpc) is 3.56. The summed E-state index contributed by atoms with van der Waals surface area (Å²) in [4.78, 5) is 19.9. The van der Waals surface area contributed by atoms with Crippen molar-refractivity contribution in [1.29, 1.82) is 0 Å². The SMILES string of the molecule is Fc1ccc(C(C(c2cccnc2)c2cccnc2)N2CCCC2c2nc3ccccc3[nH]2)cc1. The molecule has 5 nitrogen and oxygen atoms in total. The molecule has 1 aliphatic heterocycles. The van der Waals surface area contributed by atoms with E-state index in [9.17, 15) is 4.39 Å². The number of aromatic nitrogens is 4. The Morgan fingerprint density at radius 1 is 0.829 bits per heavy atom. The smallest absolute Gasteiger partial charge is 0.124 e. The van der Waals surface area contributed by atoms with E-state index >= 15 is 0 Å². The predicted octanol–water partition coefficient (Wildman–Crippen LogP) is 6.20. The summed E-state index contributed by atoms with van der Waals surface area (Å²) < 4.78 is 14.0. The van der Waals surface area contributed by atoms with E-state index in [1.54, 1.807) is 24.5 Å². The minimum Gasteiger partial charge on any atom is -0.341 e. The van der Waals surface area contributed by atoms with E-state index in [0.29, 0.717) is 0 Å². The van der Waals surface area contributed by atoms with Gasteiger partial charge in [-0.15, -0.1) is 0 Å². The first-order valence-corrected chi connectivity index (χ1v) is 12.0. The summed E-state index contributed by atoms with van der Waals surface area (Å²) >= 11 is 0. The predicted molar refractivity (Wildman–Crippen MR) is 134 cm³/mol. The van der Waals surface area contributed by atoms with Crippen LogP contribution >= 0.6 is 0 Å². The lowest BCUT2D eigenvalue weighted by Gasteiger charge is -2.38. The number of pyridine rings is 2. The third-order valence-corrected chi connectivity index (χ3v) is 6.99. The van der Waals surface area contributed by atoms with E-state index in [0.717, 1.165) is 52.9 Å². The minimum atomic E-state index is -0.234. The fourth-order valence-electron chi connectivity index (χ4n) is 5.46. The van der Waals surface area contributed by atoms with Crippen molar-refractivity contribution in [2.75, 3.05) is 6.54 Å². The molecule has 2 atom stereocenters. The highest BCUT2D eigenvalue weighted by Crippen LogP contribution is 2.47. The fraction of sp³-hybridized carbons (Fsp3) is 0.207. The van der Waals surface area contributed by atoms with Gasteiger partial charge in [0.05, 0.1) is 17.1 Å². The lowest BCUT2D eigenvalue weighted by Crippen LogP contribution is -2.34. The third-order valence-electron chi connectivity index (χ3n) is 6.99. The van der Waals surface area contributed by atoms with E-state index in [-0.39, 0.29) is 23.8 Å². The number of H-pyrrole nitrogens is 1. The molecule has 1 N–H and O–H groups in total. The number of nitrogens with zero attached hydrogens (tertiary/aromatic N) is 4. The van der Waals surface area contributed by atoms with Crippen molar-refractivity contribution in [1.82, 2.24) is 24.8 Å². The maximum Gasteiger partial charge on any atom is 0.124 e. The molecule has 174 valence electrons. The second kappa shape index (κ2) is 9.39. The van der Waals surface area contributed by atoms with Crippen molar-refractivity contribution in [2.24, 2.45) is 0 Å². The van der Waals surface area contributed by atoms with Crippen LogP contribution in [0.3, 0.4) is 0 Å². The first-order chi connectivity index (χ1) is 17.3. The number of hydrogen-bond donors (Lipinski definition) is 1. The zero-order valence-electron chi connectivity index (χ0n) is 19.3. The number of fused-ring (bicyclic) bond motifs is 1. The molecule has 4 heterocycles. The second-order valence-corrected chi connectivity index (χ2v) is 9.08. The van der Waals surface area contributed by atoms with Gasteiger partial charge >= 0.3 is 0 Å². The number of likely N-dealkylation sites (tertiary alicyclic amines) is 1. The molecule has 3 aromatic heterocycles. The van der Waals surface area contributed by atoms with E-state index in [1.807, 2.05) is 54.9 Å². The molecule has 6 heteroatoms. The molecular formula is C29H26FN5. The van der Waals surface area contributed by atoms with Crippen molar-refractivity contribution in [3.05, 3.63) is 126 Å². The van der Waals surface area contributed by atoms with Gasteiger partial charge in [-0.1, -0.05) is 36.4 Å². The highest BCUT2D eigenvalue weighted by Gasteiger charge is 2.39. The number of rotatable bonds is 6. The monoisotopic (exact) mass is 463 g/mol. The molecule has 1 aliphatic rings. The summed E-state index contributed by atoms with van der Waals surface area (Å²) in [6.07, 6.45) is 9.52. The molecule has 2 aromatic carbocycles. The minimum absolute atomic E-state index is 0.0344. The van der Waals surface area contributed by atoms with Gasteiger partial charge in [-0.25, -0.2) is 9.37 Å². The van der Waals surface area contributed by atoms with Gasteiger partial charge in [-0.2, -0.15) is 0 Å². The van der Waals surface area contributed by atoms with Crippen LogP contribution in [-0.2, 0) is 0 Å². The Kier molecular flexibility index (Phi) is 5.80. The van der Waals surface area contributed by atoms with Gasteiger partial charge in [0.15, 0.2) is 0 Å². The molecule has 2 unspecified atom stereocenters. The summed E-state index contributed by atoms with van der Waals surface area (Å²) in [5.74, 6) is 0.710. The van der Waals surface area contributed by atoms with Crippen molar-refractivity contribution >= 4 is 11.0 Å². The van der Waals surface area contributed by atoms with Crippen LogP contribution in [0.25, 0.3) is 11.0 Å². The van der Waals surface area contributed by atoms with Gasteiger partial charge in [0.1, 0.15) is 11.6 Å². The Morgan fingerprint density at radius 3 is 2.20 bits per heavy atom. The normalized spacial score (nSPS) is 17.3. The Bertz CT molecular complexity index is 1330. The molecule has 5 aromatic rings. The first-order valence-electron chi connectivity index (χ1n) is 12.0. The van der Waals surface area contributed by atoms with E-state index in [1.165, 1.54) is 0 Å². The zero-order valence-corrected chi connectivity index (χ0v) is 19.3. The van der Waals surface area contributed by atoms with Crippen LogP contribution in [0, 0.1) is 5.82 Å². The molecule has 1 saturated heterocycles. The summed E-state index contributed by atoms with van der Waals surface area (Å²) in [7, 11) is 0. The van der Waals surface area contributed by atoms with Crippen molar-refractivity contribution in [3.63, 3.8) is 0 Å². The Hall–Kier alpha value is -3.90. The van der Waals surface area contributed by atoms with Crippen molar-refractivity contribution < 1.29 is 4.39 Å². The van der Waals surface area contributed by atoms with Crippen LogP contribution in [0.2, 0.25) is 0 Å². The summed E-state index contributed by atoms with van der Waals surface area (Å²) in [5.41, 5.74) is 5.29. The van der Waals surface area contributed by atoms with Gasteiger partial charge in [-0.3, -0.25) is 14.9 Å². The summed E-state index contributed by atoms with van der Waals surface area (Å²) in [5, 5.41) is 0. The Morgan fingerprint density at radius 2 is 1.54 bits per heavy atom. The van der Waals surface area contributed by atoms with E-state index in [4.69, 9.17) is 4.98 Å². The number of nitrogens with one attached hydrogen (secondary N) is 1. The van der Waals surface area contributed by atoms with Crippen LogP contribution in [0.1, 0.15) is 53.4 Å². The Labute approximate surface area is 203 Å². The molecule has 0 radical (unpaired) electrons. The number of benzene rings is 2. The molecule has 0 aliphatic carbocycles. The van der Waals surface area contributed by atoms with E-state index in [2.05, 4.69) is 38.1 Å². The number of hydrogen-bond acceptors (Lipinski definition) is 4. The number of halogens is 1. The first kappa shape index (κ1) is 21.6. The summed E-state index contributed by atoms with van der Waals surface area (Å²) in [6, 6.07) is 23.3. The van der Waals surface area contributed by atoms with Gasteiger partial charge < -0.3 is 4.98 Å². The summed E-state index contributed by atoms with van der Waals surface area (Å²) in [6.45, 7) is 0.917. The molecule has 6 rings (SSSR count). The van der Waals surface area contributed by atoms with Crippen molar-refractivity contribution in [3.8, 4) is 0 Å². The van der Waals surface area contributed by atoms with Gasteiger partial charge in [-0.05, 0) is 72.5 Å². The topological polar surface area (TPSA) is 57.7 Å². The molecule has 0 bridgehead atoms. The highest BCUT2D eigenvalue weighted by molar-refractivity contribution is 5.74. The van der Waals surface area contributed by atoms with Gasteiger partial charge in [0, 0.05) is 36.7 Å². The van der Waals surface area contributed by atoms with Gasteiger partial charge in [0.2, 0.25) is 0 Å². The van der Waals surface area contributed by atoms with Crippen molar-refractivity contribution in [2.45, 2.75) is 30.8 Å². The molecule has 0 amide bonds. The second-order valence-electron chi connectivity index (χ2n) is 9.08. The van der Waals surface area contributed by atoms with Crippen LogP contribution < -0.4 is 0 Å². The largest absolute Gasteiger partial charge is 0.341 e. The standard InChI is InChI=1S/C29H26FN5/c30-23-13-11-20(12-14-23)28(27(21-6-3-15-31-18-21)22-7-4-16-32-19-22)35-17-5-10-26(35)29-33-24-8-1-2-9-25(24)34-29/h1-4,6-9,11-16,18-19,26-28H,5,10,17H2,(H,33,34). The maximum absolute atomic E-state index is 14.0. The van der Waals surface area contributed by atoms with Crippen LogP contribution in [-0.4, -0.2) is 31.4 Å². The number of aromatic amines is 1. The van der Waals surface area contributed by atoms with Crippen LogP contribution in [0.4, 0.5) is 4.39 Å². The van der Waals surface area contributed by atoms with Crippen LogP contribution in [0.15, 0.2) is 97.6 Å². The molecule has 35 heavy (non-hydrogen) atoms.